The van der Waals surface area contributed by atoms with E-state index in [0.29, 0.717) is 6.04 Å². The van der Waals surface area contributed by atoms with Crippen molar-refractivity contribution in [2.24, 2.45) is 0 Å². The molecule has 1 amide bonds. The summed E-state index contributed by atoms with van der Waals surface area (Å²) in [6, 6.07) is 8.56. The van der Waals surface area contributed by atoms with Crippen molar-refractivity contribution in [2.75, 3.05) is 20.1 Å². The minimum Gasteiger partial charge on any atom is -0.337 e. The van der Waals surface area contributed by atoms with Crippen LogP contribution in [0.2, 0.25) is 0 Å². The monoisotopic (exact) mass is 274 g/mol. The van der Waals surface area contributed by atoms with Crippen molar-refractivity contribution in [1.29, 1.82) is 0 Å². The molecule has 0 spiro atoms. The fraction of sp³-hybridized carbons (Fsp3) is 0.400. The van der Waals surface area contributed by atoms with Crippen LogP contribution in [0.4, 0.5) is 0 Å². The predicted octanol–water partition coefficient (Wildman–Crippen LogP) is 2.73. The van der Waals surface area contributed by atoms with Crippen molar-refractivity contribution in [1.82, 2.24) is 10.2 Å². The van der Waals surface area contributed by atoms with E-state index in [-0.39, 0.29) is 5.91 Å². The van der Waals surface area contributed by atoms with E-state index in [4.69, 9.17) is 0 Å². The van der Waals surface area contributed by atoms with Crippen LogP contribution in [0.15, 0.2) is 29.6 Å². The zero-order valence-corrected chi connectivity index (χ0v) is 11.9. The van der Waals surface area contributed by atoms with Crippen LogP contribution in [0, 0.1) is 0 Å². The Morgan fingerprint density at radius 3 is 3.11 bits per heavy atom. The molecule has 0 aliphatic carbocycles. The van der Waals surface area contributed by atoms with Gasteiger partial charge >= 0.3 is 0 Å². The lowest BCUT2D eigenvalue weighted by atomic mass is 10.0. The molecule has 1 aliphatic heterocycles. The Morgan fingerprint density at radius 2 is 2.26 bits per heavy atom. The van der Waals surface area contributed by atoms with Crippen LogP contribution in [-0.4, -0.2) is 37.0 Å². The summed E-state index contributed by atoms with van der Waals surface area (Å²) in [4.78, 5) is 14.6. The normalized spacial score (nSPS) is 19.8. The van der Waals surface area contributed by atoms with E-state index in [1.165, 1.54) is 4.70 Å². The van der Waals surface area contributed by atoms with Gasteiger partial charge in [0.25, 0.3) is 5.91 Å². The van der Waals surface area contributed by atoms with E-state index in [0.717, 1.165) is 36.9 Å². The van der Waals surface area contributed by atoms with Crippen LogP contribution in [0.25, 0.3) is 10.1 Å². The summed E-state index contributed by atoms with van der Waals surface area (Å²) >= 11 is 1.65. The molecule has 100 valence electrons. The third-order valence-corrected chi connectivity index (χ3v) is 4.79. The number of hydrogen-bond acceptors (Lipinski definition) is 3. The van der Waals surface area contributed by atoms with E-state index in [9.17, 15) is 4.79 Å². The van der Waals surface area contributed by atoms with Gasteiger partial charge in [-0.25, -0.2) is 0 Å². The fourth-order valence-corrected chi connectivity index (χ4v) is 3.65. The zero-order chi connectivity index (χ0) is 13.2. The van der Waals surface area contributed by atoms with Crippen LogP contribution < -0.4 is 5.32 Å². The summed E-state index contributed by atoms with van der Waals surface area (Å²) in [5.41, 5.74) is 0.859. The molecule has 1 aromatic heterocycles. The highest BCUT2D eigenvalue weighted by Crippen LogP contribution is 2.27. The second kappa shape index (κ2) is 5.31. The molecule has 1 N–H and O–H groups in total. The van der Waals surface area contributed by atoms with Gasteiger partial charge in [-0.2, -0.15) is 0 Å². The molecule has 0 radical (unpaired) electrons. The number of nitrogens with zero attached hydrogens (tertiary/aromatic N) is 1. The number of carbonyl (C=O) groups is 1. The van der Waals surface area contributed by atoms with Crippen molar-refractivity contribution in [3.63, 3.8) is 0 Å². The van der Waals surface area contributed by atoms with E-state index in [1.54, 1.807) is 11.3 Å². The summed E-state index contributed by atoms with van der Waals surface area (Å²) in [5, 5.41) is 6.36. The van der Waals surface area contributed by atoms with Crippen LogP contribution in [0.1, 0.15) is 23.2 Å². The Kier molecular flexibility index (Phi) is 3.53. The van der Waals surface area contributed by atoms with Gasteiger partial charge in [-0.3, -0.25) is 4.79 Å². The molecule has 0 bridgehead atoms. The van der Waals surface area contributed by atoms with E-state index >= 15 is 0 Å². The maximum absolute atomic E-state index is 12.6. The molecule has 19 heavy (non-hydrogen) atoms. The number of amides is 1. The van der Waals surface area contributed by atoms with Crippen LogP contribution in [0.3, 0.4) is 0 Å². The number of hydrogen-bond donors (Lipinski definition) is 1. The van der Waals surface area contributed by atoms with Gasteiger partial charge in [-0.15, -0.1) is 11.3 Å². The van der Waals surface area contributed by atoms with Gasteiger partial charge in [0, 0.05) is 34.6 Å². The quantitative estimate of drug-likeness (QED) is 0.913. The highest BCUT2D eigenvalue weighted by molar-refractivity contribution is 7.17. The lowest BCUT2D eigenvalue weighted by molar-refractivity contribution is 0.0700. The van der Waals surface area contributed by atoms with Gasteiger partial charge in [-0.05, 0) is 26.0 Å². The van der Waals surface area contributed by atoms with E-state index < -0.39 is 0 Å². The van der Waals surface area contributed by atoms with Crippen molar-refractivity contribution >= 4 is 27.3 Å². The summed E-state index contributed by atoms with van der Waals surface area (Å²) in [7, 11) is 1.97. The number of rotatable bonds is 2. The Hall–Kier alpha value is -1.39. The fourth-order valence-electron chi connectivity index (χ4n) is 2.71. The molecule has 1 aliphatic rings. The van der Waals surface area contributed by atoms with Crippen LogP contribution in [0.5, 0.6) is 0 Å². The number of nitrogens with one attached hydrogen (secondary N) is 1. The maximum Gasteiger partial charge on any atom is 0.255 e. The van der Waals surface area contributed by atoms with Gasteiger partial charge < -0.3 is 10.2 Å². The molecule has 2 heterocycles. The molecular formula is C15H18N2OS. The van der Waals surface area contributed by atoms with Crippen molar-refractivity contribution in [2.45, 2.75) is 18.9 Å². The highest BCUT2D eigenvalue weighted by Gasteiger charge is 2.24. The molecule has 1 saturated heterocycles. The van der Waals surface area contributed by atoms with E-state index in [2.05, 4.69) is 11.4 Å². The molecule has 1 fully saturated rings. The Labute approximate surface area is 117 Å². The lowest BCUT2D eigenvalue weighted by Crippen LogP contribution is -2.46. The number of likely N-dealkylation sites (N-methyl/N-ethyl adjacent to an activating group) is 1. The molecule has 4 heteroatoms. The topological polar surface area (TPSA) is 32.3 Å². The van der Waals surface area contributed by atoms with Crippen LogP contribution in [-0.2, 0) is 0 Å². The average molecular weight is 274 g/mol. The molecule has 1 aromatic carbocycles. The number of fused-ring (bicyclic) bond motifs is 1. The number of piperidine rings is 1. The largest absolute Gasteiger partial charge is 0.337 e. The molecule has 0 unspecified atom stereocenters. The SMILES string of the molecule is CN[C@@H]1CCCN(C(=O)c2csc3ccccc23)C1. The first-order valence-corrected chi connectivity index (χ1v) is 7.60. The number of benzene rings is 1. The molecular weight excluding hydrogens is 256 g/mol. The van der Waals surface area contributed by atoms with Crippen molar-refractivity contribution in [3.05, 3.63) is 35.2 Å². The summed E-state index contributed by atoms with van der Waals surface area (Å²) in [6.45, 7) is 1.70. The summed E-state index contributed by atoms with van der Waals surface area (Å²) in [6.07, 6.45) is 2.24. The molecule has 1 atom stereocenters. The molecule has 3 nitrogen and oxygen atoms in total. The molecule has 0 saturated carbocycles. The number of likely N-dealkylation sites (tertiary alicyclic amines) is 1. The first-order valence-electron chi connectivity index (χ1n) is 6.72. The van der Waals surface area contributed by atoms with Crippen molar-refractivity contribution < 1.29 is 4.79 Å². The van der Waals surface area contributed by atoms with Gasteiger partial charge in [0.2, 0.25) is 0 Å². The third-order valence-electron chi connectivity index (χ3n) is 3.83. The van der Waals surface area contributed by atoms with Gasteiger partial charge in [0.1, 0.15) is 0 Å². The third kappa shape index (κ3) is 2.38. The average Bonchev–Trinajstić information content (AvgIpc) is 2.90. The Bertz CT molecular complexity index is 593. The van der Waals surface area contributed by atoms with Crippen molar-refractivity contribution in [3.8, 4) is 0 Å². The minimum atomic E-state index is 0.178. The maximum atomic E-state index is 12.6. The van der Waals surface area contributed by atoms with Crippen LogP contribution >= 0.6 is 11.3 Å². The number of thiophene rings is 1. The molecule has 3 rings (SSSR count). The first kappa shape index (κ1) is 12.6. The highest BCUT2D eigenvalue weighted by atomic mass is 32.1. The second-order valence-corrected chi connectivity index (χ2v) is 5.94. The lowest BCUT2D eigenvalue weighted by Gasteiger charge is -2.32. The van der Waals surface area contributed by atoms with E-state index in [1.807, 2.05) is 35.5 Å². The zero-order valence-electron chi connectivity index (χ0n) is 11.1. The van der Waals surface area contributed by atoms with Gasteiger partial charge in [-0.1, -0.05) is 18.2 Å². The summed E-state index contributed by atoms with van der Waals surface area (Å²) < 4.78 is 1.19. The minimum absolute atomic E-state index is 0.178. The summed E-state index contributed by atoms with van der Waals surface area (Å²) in [5.74, 6) is 0.178. The predicted molar refractivity (Wildman–Crippen MR) is 79.8 cm³/mol. The number of carbonyl (C=O) groups excluding carboxylic acids is 1. The first-order chi connectivity index (χ1) is 9.29. The molecule has 2 aromatic rings. The van der Waals surface area contributed by atoms with Gasteiger partial charge in [0.15, 0.2) is 0 Å². The van der Waals surface area contributed by atoms with Gasteiger partial charge in [0.05, 0.1) is 5.56 Å². The second-order valence-electron chi connectivity index (χ2n) is 5.02. The Balaban J connectivity index is 1.87. The standard InChI is InChI=1S/C15H18N2OS/c1-16-11-5-4-8-17(9-11)15(18)13-10-19-14-7-3-2-6-12(13)14/h2-3,6-7,10-11,16H,4-5,8-9H2,1H3/t11-/m1/s1. The smallest absolute Gasteiger partial charge is 0.255 e. The Morgan fingerprint density at radius 1 is 1.42 bits per heavy atom.